The van der Waals surface area contributed by atoms with Crippen LogP contribution in [0.5, 0.6) is 0 Å². The summed E-state index contributed by atoms with van der Waals surface area (Å²) in [7, 11) is 0. The molecule has 0 aliphatic carbocycles. The molecule has 1 amide bonds. The minimum Gasteiger partial charge on any atom is -0.352 e. The number of halogens is 1. The Bertz CT molecular complexity index is 1280. The first-order valence-corrected chi connectivity index (χ1v) is 9.64. The molecular formula is C24H20FN3O2. The van der Waals surface area contributed by atoms with Crippen LogP contribution in [0.4, 0.5) is 4.39 Å². The number of carbonyl (C=O) groups excluding carboxylic acids is 1. The molecule has 0 bridgehead atoms. The van der Waals surface area contributed by atoms with Crippen LogP contribution in [-0.4, -0.2) is 22.0 Å². The Balaban J connectivity index is 1.50. The first-order chi connectivity index (χ1) is 14.5. The van der Waals surface area contributed by atoms with Gasteiger partial charge < -0.3 is 5.32 Å². The highest BCUT2D eigenvalue weighted by atomic mass is 19.1. The van der Waals surface area contributed by atoms with Gasteiger partial charge in [0.2, 0.25) is 0 Å². The Kier molecular flexibility index (Phi) is 5.39. The number of aromatic nitrogens is 2. The minimum atomic E-state index is -0.289. The SMILES string of the molecule is Cc1nc2ccccc2c(=O)n1-c1ccc(C(=O)NCCc2cccc(F)c2)cc1. The number of hydrogen-bond acceptors (Lipinski definition) is 3. The van der Waals surface area contributed by atoms with Crippen molar-refractivity contribution < 1.29 is 9.18 Å². The third kappa shape index (κ3) is 3.98. The molecule has 150 valence electrons. The smallest absolute Gasteiger partial charge is 0.265 e. The van der Waals surface area contributed by atoms with Gasteiger partial charge in [-0.25, -0.2) is 9.37 Å². The van der Waals surface area contributed by atoms with Crippen molar-refractivity contribution in [1.29, 1.82) is 0 Å². The van der Waals surface area contributed by atoms with Crippen LogP contribution in [0.2, 0.25) is 0 Å². The first-order valence-electron chi connectivity index (χ1n) is 9.64. The van der Waals surface area contributed by atoms with Crippen LogP contribution < -0.4 is 10.9 Å². The molecule has 0 fully saturated rings. The monoisotopic (exact) mass is 401 g/mol. The number of nitrogens with one attached hydrogen (secondary N) is 1. The van der Waals surface area contributed by atoms with Crippen molar-refractivity contribution in [3.05, 3.63) is 106 Å². The molecule has 0 atom stereocenters. The van der Waals surface area contributed by atoms with Gasteiger partial charge in [-0.1, -0.05) is 24.3 Å². The van der Waals surface area contributed by atoms with Gasteiger partial charge in [0, 0.05) is 12.1 Å². The van der Waals surface area contributed by atoms with Crippen molar-refractivity contribution >= 4 is 16.8 Å². The molecule has 3 aromatic carbocycles. The summed E-state index contributed by atoms with van der Waals surface area (Å²) in [4.78, 5) is 29.8. The zero-order valence-corrected chi connectivity index (χ0v) is 16.4. The lowest BCUT2D eigenvalue weighted by molar-refractivity contribution is 0.0954. The summed E-state index contributed by atoms with van der Waals surface area (Å²) in [6.45, 7) is 2.18. The van der Waals surface area contributed by atoms with Crippen molar-refractivity contribution in [3.8, 4) is 5.69 Å². The molecule has 30 heavy (non-hydrogen) atoms. The molecular weight excluding hydrogens is 381 g/mol. The maximum atomic E-state index is 13.2. The van der Waals surface area contributed by atoms with E-state index in [1.165, 1.54) is 16.7 Å². The number of hydrogen-bond donors (Lipinski definition) is 1. The largest absolute Gasteiger partial charge is 0.352 e. The zero-order chi connectivity index (χ0) is 21.1. The van der Waals surface area contributed by atoms with Gasteiger partial charge in [0.15, 0.2) is 0 Å². The van der Waals surface area contributed by atoms with Gasteiger partial charge in [0.25, 0.3) is 11.5 Å². The predicted octanol–water partition coefficient (Wildman–Crippen LogP) is 3.81. The van der Waals surface area contributed by atoms with E-state index < -0.39 is 0 Å². The van der Waals surface area contributed by atoms with Crippen molar-refractivity contribution in [2.45, 2.75) is 13.3 Å². The van der Waals surface area contributed by atoms with Gasteiger partial charge in [-0.2, -0.15) is 0 Å². The molecule has 0 saturated carbocycles. The van der Waals surface area contributed by atoms with E-state index in [-0.39, 0.29) is 17.3 Å². The van der Waals surface area contributed by atoms with Crippen LogP contribution in [0.15, 0.2) is 77.6 Å². The number of amides is 1. The molecule has 4 rings (SSSR count). The molecule has 0 unspecified atom stereocenters. The Hall–Kier alpha value is -3.80. The Morgan fingerprint density at radius 2 is 1.80 bits per heavy atom. The first kappa shape index (κ1) is 19.5. The van der Waals surface area contributed by atoms with E-state index in [4.69, 9.17) is 0 Å². The summed E-state index contributed by atoms with van der Waals surface area (Å²) < 4.78 is 14.8. The number of carbonyl (C=O) groups is 1. The fraction of sp³-hybridized carbons (Fsp3) is 0.125. The fourth-order valence-corrected chi connectivity index (χ4v) is 3.42. The fourth-order valence-electron chi connectivity index (χ4n) is 3.42. The van der Waals surface area contributed by atoms with Gasteiger partial charge in [0.05, 0.1) is 16.6 Å². The van der Waals surface area contributed by atoms with E-state index in [1.807, 2.05) is 24.3 Å². The Labute approximate surface area is 172 Å². The number of fused-ring (bicyclic) bond motifs is 1. The maximum Gasteiger partial charge on any atom is 0.265 e. The molecule has 6 heteroatoms. The zero-order valence-electron chi connectivity index (χ0n) is 16.4. The van der Waals surface area contributed by atoms with E-state index in [0.29, 0.717) is 40.9 Å². The average Bonchev–Trinajstić information content (AvgIpc) is 2.74. The lowest BCUT2D eigenvalue weighted by Crippen LogP contribution is -2.26. The average molecular weight is 401 g/mol. The molecule has 0 radical (unpaired) electrons. The van der Waals surface area contributed by atoms with Gasteiger partial charge in [-0.3, -0.25) is 14.2 Å². The van der Waals surface area contributed by atoms with Crippen molar-refractivity contribution in [1.82, 2.24) is 14.9 Å². The third-order valence-corrected chi connectivity index (χ3v) is 4.92. The molecule has 4 aromatic rings. The van der Waals surface area contributed by atoms with Crippen LogP contribution in [0.25, 0.3) is 16.6 Å². The molecule has 0 saturated heterocycles. The Morgan fingerprint density at radius 1 is 1.03 bits per heavy atom. The van der Waals surface area contributed by atoms with E-state index in [9.17, 15) is 14.0 Å². The number of nitrogens with zero attached hydrogens (tertiary/aromatic N) is 2. The van der Waals surface area contributed by atoms with E-state index in [2.05, 4.69) is 10.3 Å². The van der Waals surface area contributed by atoms with Gasteiger partial charge in [0.1, 0.15) is 11.6 Å². The van der Waals surface area contributed by atoms with Crippen LogP contribution >= 0.6 is 0 Å². The second kappa shape index (κ2) is 8.29. The number of rotatable bonds is 5. The molecule has 0 aliphatic rings. The number of para-hydroxylation sites is 1. The van der Waals surface area contributed by atoms with E-state index in [1.54, 1.807) is 43.3 Å². The third-order valence-electron chi connectivity index (χ3n) is 4.92. The highest BCUT2D eigenvalue weighted by Gasteiger charge is 2.11. The van der Waals surface area contributed by atoms with Gasteiger partial charge in [-0.05, 0) is 67.4 Å². The second-order valence-corrected chi connectivity index (χ2v) is 7.00. The second-order valence-electron chi connectivity index (χ2n) is 7.00. The highest BCUT2D eigenvalue weighted by Crippen LogP contribution is 2.13. The summed E-state index contributed by atoms with van der Waals surface area (Å²) in [6, 6.07) is 20.3. The van der Waals surface area contributed by atoms with Crippen LogP contribution in [-0.2, 0) is 6.42 Å². The minimum absolute atomic E-state index is 0.148. The number of benzene rings is 3. The topological polar surface area (TPSA) is 64.0 Å². The summed E-state index contributed by atoms with van der Waals surface area (Å²) in [5.74, 6) is 0.0628. The summed E-state index contributed by atoms with van der Waals surface area (Å²) in [5, 5.41) is 3.37. The molecule has 1 heterocycles. The standard InChI is InChI=1S/C24H20FN3O2/c1-16-27-22-8-3-2-7-21(22)24(30)28(16)20-11-9-18(10-12-20)23(29)26-14-13-17-5-4-6-19(25)15-17/h2-12,15H,13-14H2,1H3,(H,26,29). The summed E-state index contributed by atoms with van der Waals surface area (Å²) in [6.07, 6.45) is 0.541. The normalized spacial score (nSPS) is 10.9. The summed E-state index contributed by atoms with van der Waals surface area (Å²) >= 11 is 0. The van der Waals surface area contributed by atoms with Crippen molar-refractivity contribution in [2.24, 2.45) is 0 Å². The van der Waals surface area contributed by atoms with Crippen molar-refractivity contribution in [3.63, 3.8) is 0 Å². The predicted molar refractivity (Wildman–Crippen MR) is 115 cm³/mol. The molecule has 1 N–H and O–H groups in total. The quantitative estimate of drug-likeness (QED) is 0.553. The van der Waals surface area contributed by atoms with Gasteiger partial charge >= 0.3 is 0 Å². The van der Waals surface area contributed by atoms with Gasteiger partial charge in [-0.15, -0.1) is 0 Å². The van der Waals surface area contributed by atoms with E-state index >= 15 is 0 Å². The lowest BCUT2D eigenvalue weighted by Gasteiger charge is -2.11. The molecule has 1 aromatic heterocycles. The lowest BCUT2D eigenvalue weighted by atomic mass is 10.1. The van der Waals surface area contributed by atoms with Crippen LogP contribution in [0.3, 0.4) is 0 Å². The molecule has 5 nitrogen and oxygen atoms in total. The number of aryl methyl sites for hydroxylation is 1. The van der Waals surface area contributed by atoms with Crippen molar-refractivity contribution in [2.75, 3.05) is 6.54 Å². The Morgan fingerprint density at radius 3 is 2.57 bits per heavy atom. The van der Waals surface area contributed by atoms with Crippen LogP contribution in [0, 0.1) is 12.7 Å². The molecule has 0 aliphatic heterocycles. The van der Waals surface area contributed by atoms with Crippen LogP contribution in [0.1, 0.15) is 21.7 Å². The van der Waals surface area contributed by atoms with E-state index in [0.717, 1.165) is 5.56 Å². The molecule has 0 spiro atoms. The summed E-state index contributed by atoms with van der Waals surface area (Å²) in [5.41, 5.74) is 2.46. The highest BCUT2D eigenvalue weighted by molar-refractivity contribution is 5.94. The maximum absolute atomic E-state index is 13.2.